The molecule has 0 saturated carbocycles. The highest BCUT2D eigenvalue weighted by molar-refractivity contribution is 7.13. The van der Waals surface area contributed by atoms with Crippen LogP contribution in [0.25, 0.3) is 22.2 Å². The molecule has 0 bridgehead atoms. The van der Waals surface area contributed by atoms with Crippen LogP contribution in [0.4, 0.5) is 0 Å². The molecule has 0 N–H and O–H groups in total. The van der Waals surface area contributed by atoms with Gasteiger partial charge >= 0.3 is 5.97 Å². The fourth-order valence-electron chi connectivity index (χ4n) is 2.40. The summed E-state index contributed by atoms with van der Waals surface area (Å²) in [6, 6.07) is 11.5. The minimum absolute atomic E-state index is 0.134. The topological polar surface area (TPSA) is 91.2 Å². The molecule has 0 amide bonds. The van der Waals surface area contributed by atoms with Crippen molar-refractivity contribution in [1.82, 2.24) is 15.2 Å². The van der Waals surface area contributed by atoms with Gasteiger partial charge in [0.25, 0.3) is 11.8 Å². The number of furan rings is 1. The summed E-state index contributed by atoms with van der Waals surface area (Å²) in [5, 5.41) is 10.1. The lowest BCUT2D eigenvalue weighted by molar-refractivity contribution is 0.0432. The number of ether oxygens (including phenoxy) is 1. The summed E-state index contributed by atoms with van der Waals surface area (Å²) in [4.78, 5) is 16.6. The minimum atomic E-state index is -0.541. The van der Waals surface area contributed by atoms with Gasteiger partial charge in [0.05, 0.1) is 6.26 Å². The second-order valence-electron chi connectivity index (χ2n) is 5.64. The Labute approximate surface area is 158 Å². The summed E-state index contributed by atoms with van der Waals surface area (Å²) < 4.78 is 15.8. The Bertz CT molecular complexity index is 1040. The van der Waals surface area contributed by atoms with Crippen LogP contribution in [-0.2, 0) is 17.8 Å². The first-order valence-electron chi connectivity index (χ1n) is 8.31. The van der Waals surface area contributed by atoms with Gasteiger partial charge < -0.3 is 13.6 Å². The molecule has 1 aromatic carbocycles. The van der Waals surface area contributed by atoms with E-state index in [-0.39, 0.29) is 24.1 Å². The maximum atomic E-state index is 12.2. The van der Waals surface area contributed by atoms with E-state index in [1.165, 1.54) is 23.2 Å². The number of carbonyl (C=O) groups is 1. The third-order valence-corrected chi connectivity index (χ3v) is 4.74. The number of nitrogens with zero attached hydrogens (tertiary/aromatic N) is 3. The van der Waals surface area contributed by atoms with Gasteiger partial charge in [-0.05, 0) is 24.1 Å². The number of thiazole rings is 1. The number of esters is 1. The second kappa shape index (κ2) is 7.55. The molecule has 0 spiro atoms. The lowest BCUT2D eigenvalue weighted by atomic mass is 10.1. The molecule has 0 atom stereocenters. The summed E-state index contributed by atoms with van der Waals surface area (Å²) in [5.74, 6) is 0.330. The van der Waals surface area contributed by atoms with Gasteiger partial charge in [0.1, 0.15) is 5.01 Å². The zero-order valence-corrected chi connectivity index (χ0v) is 15.2. The standard InChI is InChI=1S/C19H15N3O4S/c1-2-12-5-7-13(8-6-12)18-20-14(11-27-18)19(23)25-10-16-21-22-17(26-16)15-4-3-9-24-15/h3-9,11H,2,10H2,1H3. The van der Waals surface area contributed by atoms with Crippen LogP contribution in [0.5, 0.6) is 0 Å². The van der Waals surface area contributed by atoms with E-state index in [4.69, 9.17) is 13.6 Å². The van der Waals surface area contributed by atoms with Crippen molar-refractivity contribution in [2.45, 2.75) is 20.0 Å². The molecular formula is C19H15N3O4S. The van der Waals surface area contributed by atoms with E-state index in [0.29, 0.717) is 5.76 Å². The lowest BCUT2D eigenvalue weighted by Gasteiger charge is -2.00. The van der Waals surface area contributed by atoms with Crippen molar-refractivity contribution in [1.29, 1.82) is 0 Å². The Kier molecular flexibility index (Phi) is 4.80. The van der Waals surface area contributed by atoms with E-state index < -0.39 is 5.97 Å². The molecule has 7 nitrogen and oxygen atoms in total. The summed E-state index contributed by atoms with van der Waals surface area (Å²) >= 11 is 1.39. The first-order valence-corrected chi connectivity index (χ1v) is 9.19. The van der Waals surface area contributed by atoms with Crippen molar-refractivity contribution in [2.24, 2.45) is 0 Å². The Hall–Kier alpha value is -3.26. The smallest absolute Gasteiger partial charge is 0.358 e. The van der Waals surface area contributed by atoms with Gasteiger partial charge in [0.2, 0.25) is 0 Å². The third-order valence-electron chi connectivity index (χ3n) is 3.85. The second-order valence-corrected chi connectivity index (χ2v) is 6.50. The Morgan fingerprint density at radius 2 is 2.04 bits per heavy atom. The van der Waals surface area contributed by atoms with E-state index in [9.17, 15) is 4.79 Å². The Morgan fingerprint density at radius 3 is 2.78 bits per heavy atom. The van der Waals surface area contributed by atoms with E-state index >= 15 is 0 Å². The van der Waals surface area contributed by atoms with Gasteiger partial charge in [-0.3, -0.25) is 0 Å². The predicted molar refractivity (Wildman–Crippen MR) is 98.0 cm³/mol. The molecule has 0 aliphatic heterocycles. The van der Waals surface area contributed by atoms with Crippen LogP contribution in [0.1, 0.15) is 28.9 Å². The normalized spacial score (nSPS) is 10.9. The lowest BCUT2D eigenvalue weighted by Crippen LogP contribution is -2.05. The number of hydrogen-bond acceptors (Lipinski definition) is 8. The average Bonchev–Trinajstić information content (AvgIpc) is 3.47. The molecule has 0 aliphatic carbocycles. The number of rotatable bonds is 6. The molecule has 27 heavy (non-hydrogen) atoms. The molecule has 0 radical (unpaired) electrons. The van der Waals surface area contributed by atoms with Crippen molar-refractivity contribution in [3.63, 3.8) is 0 Å². The molecule has 3 aromatic heterocycles. The molecule has 0 saturated heterocycles. The van der Waals surface area contributed by atoms with Crippen LogP contribution >= 0.6 is 11.3 Å². The maximum Gasteiger partial charge on any atom is 0.358 e. The SMILES string of the molecule is CCc1ccc(-c2nc(C(=O)OCc3nnc(-c4ccco4)o3)cs2)cc1. The predicted octanol–water partition coefficient (Wildman–Crippen LogP) is 4.37. The highest BCUT2D eigenvalue weighted by Gasteiger charge is 2.16. The molecule has 4 aromatic rings. The zero-order valence-electron chi connectivity index (χ0n) is 14.4. The van der Waals surface area contributed by atoms with Crippen LogP contribution in [0.2, 0.25) is 0 Å². The number of aromatic nitrogens is 3. The maximum absolute atomic E-state index is 12.2. The summed E-state index contributed by atoms with van der Waals surface area (Å²) in [6.07, 6.45) is 2.49. The highest BCUT2D eigenvalue weighted by atomic mass is 32.1. The van der Waals surface area contributed by atoms with Gasteiger partial charge in [-0.1, -0.05) is 31.2 Å². The molecule has 0 aliphatic rings. The first kappa shape index (κ1) is 17.2. The molecule has 4 rings (SSSR count). The van der Waals surface area contributed by atoms with Crippen LogP contribution in [0.3, 0.4) is 0 Å². The number of hydrogen-bond donors (Lipinski definition) is 0. The number of aryl methyl sites for hydroxylation is 1. The number of carbonyl (C=O) groups excluding carboxylic acids is 1. The summed E-state index contributed by atoms with van der Waals surface area (Å²) in [6.45, 7) is 1.97. The van der Waals surface area contributed by atoms with Crippen LogP contribution in [0, 0.1) is 0 Å². The van der Waals surface area contributed by atoms with Crippen LogP contribution < -0.4 is 0 Å². The monoisotopic (exact) mass is 381 g/mol. The van der Waals surface area contributed by atoms with Gasteiger partial charge in [-0.15, -0.1) is 21.5 Å². The summed E-state index contributed by atoms with van der Waals surface area (Å²) in [5.41, 5.74) is 2.47. The summed E-state index contributed by atoms with van der Waals surface area (Å²) in [7, 11) is 0. The molecule has 3 heterocycles. The van der Waals surface area contributed by atoms with Crippen molar-refractivity contribution in [3.8, 4) is 22.2 Å². The first-order chi connectivity index (χ1) is 13.2. The molecule has 8 heteroatoms. The van der Waals surface area contributed by atoms with Crippen molar-refractivity contribution in [3.05, 3.63) is 65.2 Å². The van der Waals surface area contributed by atoms with Gasteiger partial charge in [-0.25, -0.2) is 9.78 Å². The quantitative estimate of drug-likeness (QED) is 0.458. The fraction of sp³-hybridized carbons (Fsp3) is 0.158. The average molecular weight is 381 g/mol. The van der Waals surface area contributed by atoms with Crippen molar-refractivity contribution < 1.29 is 18.4 Å². The van der Waals surface area contributed by atoms with Crippen molar-refractivity contribution >= 4 is 17.3 Å². The molecule has 0 unspecified atom stereocenters. The molecule has 0 fully saturated rings. The largest absolute Gasteiger partial charge is 0.459 e. The Morgan fingerprint density at radius 1 is 1.19 bits per heavy atom. The molecular weight excluding hydrogens is 366 g/mol. The van der Waals surface area contributed by atoms with E-state index in [0.717, 1.165) is 17.0 Å². The third kappa shape index (κ3) is 3.80. The van der Waals surface area contributed by atoms with E-state index in [1.54, 1.807) is 17.5 Å². The van der Waals surface area contributed by atoms with E-state index in [1.807, 2.05) is 12.1 Å². The minimum Gasteiger partial charge on any atom is -0.459 e. The zero-order chi connectivity index (χ0) is 18.6. The van der Waals surface area contributed by atoms with Crippen LogP contribution in [-0.4, -0.2) is 21.2 Å². The van der Waals surface area contributed by atoms with Gasteiger partial charge in [0.15, 0.2) is 18.1 Å². The van der Waals surface area contributed by atoms with E-state index in [2.05, 4.69) is 34.2 Å². The van der Waals surface area contributed by atoms with Gasteiger partial charge in [0, 0.05) is 10.9 Å². The molecule has 136 valence electrons. The van der Waals surface area contributed by atoms with Gasteiger partial charge in [-0.2, -0.15) is 0 Å². The van der Waals surface area contributed by atoms with Crippen LogP contribution in [0.15, 0.2) is 56.9 Å². The number of benzene rings is 1. The van der Waals surface area contributed by atoms with Crippen molar-refractivity contribution in [2.75, 3.05) is 0 Å². The Balaban J connectivity index is 1.39. The highest BCUT2D eigenvalue weighted by Crippen LogP contribution is 2.25. The fourth-order valence-corrected chi connectivity index (χ4v) is 3.19.